The molecule has 1 fully saturated rings. The Balaban J connectivity index is 1.56. The molecule has 2 unspecified atom stereocenters. The highest BCUT2D eigenvalue weighted by Gasteiger charge is 2.28. The first kappa shape index (κ1) is 24.5. The van der Waals surface area contributed by atoms with Crippen LogP contribution in [0.1, 0.15) is 37.2 Å². The lowest BCUT2D eigenvalue weighted by molar-refractivity contribution is 0.108. The Morgan fingerprint density at radius 3 is 2.81 bits per heavy atom. The maximum absolute atomic E-state index is 15.4. The molecule has 190 valence electrons. The number of nitrogens with zero attached hydrogens (tertiary/aromatic N) is 3. The molecule has 7 nitrogen and oxygen atoms in total. The topological polar surface area (TPSA) is 72.4 Å². The molecule has 1 aliphatic rings. The van der Waals surface area contributed by atoms with Crippen molar-refractivity contribution in [2.75, 3.05) is 34.4 Å². The maximum atomic E-state index is 15.4. The van der Waals surface area contributed by atoms with Gasteiger partial charge in [0.2, 0.25) is 0 Å². The molecule has 5 rings (SSSR count). The van der Waals surface area contributed by atoms with Crippen molar-refractivity contribution in [3.05, 3.63) is 58.4 Å². The highest BCUT2D eigenvalue weighted by Crippen LogP contribution is 2.42. The van der Waals surface area contributed by atoms with Crippen molar-refractivity contribution in [3.63, 3.8) is 0 Å². The van der Waals surface area contributed by atoms with Crippen molar-refractivity contribution < 1.29 is 13.9 Å². The Bertz CT molecular complexity index is 1460. The van der Waals surface area contributed by atoms with E-state index in [-0.39, 0.29) is 17.6 Å². The molecule has 1 N–H and O–H groups in total. The number of imidazole rings is 1. The molecule has 4 aromatic rings. The molecular weight excluding hydrogens is 459 g/mol. The van der Waals surface area contributed by atoms with Crippen LogP contribution < -0.4 is 10.4 Å². The molecule has 2 aromatic heterocycles. The fourth-order valence-corrected chi connectivity index (χ4v) is 5.28. The Kier molecular flexibility index (Phi) is 6.81. The van der Waals surface area contributed by atoms with E-state index in [1.807, 2.05) is 12.1 Å². The van der Waals surface area contributed by atoms with E-state index in [1.165, 1.54) is 10.6 Å². The highest BCUT2D eigenvalue weighted by molar-refractivity contribution is 6.03. The van der Waals surface area contributed by atoms with Crippen molar-refractivity contribution in [2.45, 2.75) is 37.7 Å². The van der Waals surface area contributed by atoms with Gasteiger partial charge < -0.3 is 19.4 Å². The monoisotopic (exact) mass is 492 g/mol. The van der Waals surface area contributed by atoms with Crippen LogP contribution in [-0.4, -0.2) is 59.9 Å². The van der Waals surface area contributed by atoms with Crippen LogP contribution in [-0.2, 0) is 11.8 Å². The molecule has 36 heavy (non-hydrogen) atoms. The first-order valence-corrected chi connectivity index (χ1v) is 12.5. The third-order valence-electron chi connectivity index (χ3n) is 7.32. The van der Waals surface area contributed by atoms with E-state index in [0.717, 1.165) is 49.1 Å². The van der Waals surface area contributed by atoms with E-state index in [1.54, 1.807) is 26.4 Å². The van der Waals surface area contributed by atoms with Crippen LogP contribution >= 0.6 is 0 Å². The quantitative estimate of drug-likeness (QED) is 0.357. The van der Waals surface area contributed by atoms with Gasteiger partial charge in [-0.1, -0.05) is 6.07 Å². The molecule has 1 saturated carbocycles. The first-order chi connectivity index (χ1) is 17.4. The minimum absolute atomic E-state index is 0.225. The zero-order chi connectivity index (χ0) is 25.4. The van der Waals surface area contributed by atoms with Gasteiger partial charge in [0.1, 0.15) is 11.6 Å². The number of aromatic nitrogens is 3. The molecular formula is C28H33FN4O3. The minimum atomic E-state index is -0.348. The summed E-state index contributed by atoms with van der Waals surface area (Å²) >= 11 is 0. The third kappa shape index (κ3) is 4.63. The number of rotatable bonds is 8. The van der Waals surface area contributed by atoms with E-state index in [0.29, 0.717) is 40.0 Å². The van der Waals surface area contributed by atoms with Gasteiger partial charge in [-0.05, 0) is 75.0 Å². The average Bonchev–Trinajstić information content (AvgIpc) is 3.46. The molecule has 2 aromatic carbocycles. The number of aromatic amines is 1. The van der Waals surface area contributed by atoms with Crippen molar-refractivity contribution in [1.29, 1.82) is 0 Å². The van der Waals surface area contributed by atoms with Crippen LogP contribution in [0.3, 0.4) is 0 Å². The Labute approximate surface area is 209 Å². The van der Waals surface area contributed by atoms with Crippen LogP contribution in [0.4, 0.5) is 4.39 Å². The van der Waals surface area contributed by atoms with Gasteiger partial charge in [0.25, 0.3) is 0 Å². The van der Waals surface area contributed by atoms with Crippen LogP contribution in [0.25, 0.3) is 33.1 Å². The molecule has 2 heterocycles. The van der Waals surface area contributed by atoms with Gasteiger partial charge in [-0.2, -0.15) is 0 Å². The standard InChI is InChI=1S/C28H33FN4O3/c1-32(2)10-5-11-36-26-9-7-18(13-21(26)17-6-8-19(12-17)35-4)20-14-22-24(15-23(20)29)30-16-25-27(22)31-28(34)33(25)3/h7,9,13-17,19H,5-6,8,10-12H2,1-4H3,(H,31,34). The third-order valence-corrected chi connectivity index (χ3v) is 7.32. The summed E-state index contributed by atoms with van der Waals surface area (Å²) < 4.78 is 28.7. The van der Waals surface area contributed by atoms with E-state index >= 15 is 4.39 Å². The summed E-state index contributed by atoms with van der Waals surface area (Å²) in [6.45, 7) is 1.58. The van der Waals surface area contributed by atoms with Crippen molar-refractivity contribution in [2.24, 2.45) is 7.05 Å². The fourth-order valence-electron chi connectivity index (χ4n) is 5.28. The second kappa shape index (κ2) is 10.0. The lowest BCUT2D eigenvalue weighted by atomic mass is 9.92. The SMILES string of the molecule is COC1CCC(c2cc(-c3cc4c(cc3F)ncc3c4[nH]c(=O)n3C)ccc2OCCCN(C)C)C1. The number of ether oxygens (including phenoxy) is 2. The first-order valence-electron chi connectivity index (χ1n) is 12.5. The Hall–Kier alpha value is -3.23. The van der Waals surface area contributed by atoms with Crippen molar-refractivity contribution in [1.82, 2.24) is 19.4 Å². The summed E-state index contributed by atoms with van der Waals surface area (Å²) in [5, 5.41) is 0.715. The molecule has 0 aliphatic heterocycles. The number of hydrogen-bond acceptors (Lipinski definition) is 5. The van der Waals surface area contributed by atoms with Gasteiger partial charge >= 0.3 is 5.69 Å². The van der Waals surface area contributed by atoms with Crippen LogP contribution in [0.15, 0.2) is 41.3 Å². The van der Waals surface area contributed by atoms with E-state index in [9.17, 15) is 4.79 Å². The predicted molar refractivity (Wildman–Crippen MR) is 140 cm³/mol. The Morgan fingerprint density at radius 1 is 1.22 bits per heavy atom. The lowest BCUT2D eigenvalue weighted by Gasteiger charge is -2.19. The van der Waals surface area contributed by atoms with Gasteiger partial charge in [-0.15, -0.1) is 0 Å². The van der Waals surface area contributed by atoms with Crippen LogP contribution in [0.2, 0.25) is 0 Å². The predicted octanol–water partition coefficient (Wildman–Crippen LogP) is 4.83. The number of methoxy groups -OCH3 is 1. The summed E-state index contributed by atoms with van der Waals surface area (Å²) in [5.41, 5.74) is 3.98. The summed E-state index contributed by atoms with van der Waals surface area (Å²) in [7, 11) is 7.55. The highest BCUT2D eigenvalue weighted by atomic mass is 19.1. The van der Waals surface area contributed by atoms with E-state index < -0.39 is 0 Å². The van der Waals surface area contributed by atoms with Crippen molar-refractivity contribution in [3.8, 4) is 16.9 Å². The number of aryl methyl sites for hydroxylation is 1. The molecule has 0 amide bonds. The zero-order valence-electron chi connectivity index (χ0n) is 21.3. The number of nitrogens with one attached hydrogen (secondary N) is 1. The summed E-state index contributed by atoms with van der Waals surface area (Å²) in [6.07, 6.45) is 5.68. The number of hydrogen-bond donors (Lipinski definition) is 1. The van der Waals surface area contributed by atoms with E-state index in [2.05, 4.69) is 35.0 Å². The number of halogens is 1. The van der Waals surface area contributed by atoms with E-state index in [4.69, 9.17) is 9.47 Å². The molecule has 0 spiro atoms. The number of fused-ring (bicyclic) bond motifs is 3. The van der Waals surface area contributed by atoms with Gasteiger partial charge in [0.15, 0.2) is 0 Å². The number of benzene rings is 2. The molecule has 2 atom stereocenters. The second-order valence-electron chi connectivity index (χ2n) is 9.98. The minimum Gasteiger partial charge on any atom is -0.493 e. The number of pyridine rings is 1. The lowest BCUT2D eigenvalue weighted by Crippen LogP contribution is -2.16. The zero-order valence-corrected chi connectivity index (χ0v) is 21.3. The average molecular weight is 493 g/mol. The maximum Gasteiger partial charge on any atom is 0.326 e. The summed E-state index contributed by atoms with van der Waals surface area (Å²) in [5.74, 6) is 0.803. The van der Waals surface area contributed by atoms with Crippen molar-refractivity contribution >= 4 is 21.9 Å². The van der Waals surface area contributed by atoms with Gasteiger partial charge in [0.05, 0.1) is 35.5 Å². The normalized spacial score (nSPS) is 18.1. The smallest absolute Gasteiger partial charge is 0.326 e. The number of H-pyrrole nitrogens is 1. The molecule has 0 bridgehead atoms. The summed E-state index contributed by atoms with van der Waals surface area (Å²) in [6, 6.07) is 9.18. The second-order valence-corrected chi connectivity index (χ2v) is 9.98. The Morgan fingerprint density at radius 2 is 2.06 bits per heavy atom. The largest absolute Gasteiger partial charge is 0.493 e. The fraction of sp³-hybridized carbons (Fsp3) is 0.429. The van der Waals surface area contributed by atoms with Crippen LogP contribution in [0, 0.1) is 5.82 Å². The molecule has 8 heteroatoms. The molecule has 0 saturated heterocycles. The van der Waals surface area contributed by atoms with Gasteiger partial charge in [-0.3, -0.25) is 9.55 Å². The molecule has 0 radical (unpaired) electrons. The molecule has 1 aliphatic carbocycles. The van der Waals surface area contributed by atoms with Crippen LogP contribution in [0.5, 0.6) is 5.75 Å². The van der Waals surface area contributed by atoms with Gasteiger partial charge in [0, 0.05) is 37.7 Å². The summed E-state index contributed by atoms with van der Waals surface area (Å²) in [4.78, 5) is 21.6. The van der Waals surface area contributed by atoms with Gasteiger partial charge in [-0.25, -0.2) is 9.18 Å².